The number of ether oxygens (including phenoxy) is 1. The predicted molar refractivity (Wildman–Crippen MR) is 116 cm³/mol. The highest BCUT2D eigenvalue weighted by atomic mass is 16.5. The number of rotatable bonds is 6. The fourth-order valence-electron chi connectivity index (χ4n) is 3.92. The summed E-state index contributed by atoms with van der Waals surface area (Å²) in [6.45, 7) is 11.7. The van der Waals surface area contributed by atoms with E-state index in [0.29, 0.717) is 24.4 Å². The number of anilines is 2. The average molecular weight is 382 g/mol. The summed E-state index contributed by atoms with van der Waals surface area (Å²) >= 11 is 0. The van der Waals surface area contributed by atoms with Crippen LogP contribution >= 0.6 is 0 Å². The lowest BCUT2D eigenvalue weighted by molar-refractivity contribution is 0.0743. The number of benzene rings is 2. The Morgan fingerprint density at radius 3 is 2.32 bits per heavy atom. The van der Waals surface area contributed by atoms with E-state index in [1.165, 1.54) is 16.9 Å². The van der Waals surface area contributed by atoms with Crippen LogP contribution in [0.2, 0.25) is 0 Å². The number of nitrogens with zero attached hydrogens (tertiary/aromatic N) is 3. The number of carbonyl (C=O) groups is 1. The molecule has 150 valence electrons. The van der Waals surface area contributed by atoms with Crippen LogP contribution in [0.4, 0.5) is 11.4 Å². The van der Waals surface area contributed by atoms with Crippen LogP contribution in [0.1, 0.15) is 29.8 Å². The van der Waals surface area contributed by atoms with E-state index >= 15 is 0 Å². The van der Waals surface area contributed by atoms with E-state index in [-0.39, 0.29) is 5.91 Å². The first kappa shape index (κ1) is 20.1. The first-order valence-electron chi connectivity index (χ1n) is 10.1. The Labute approximate surface area is 168 Å². The van der Waals surface area contributed by atoms with E-state index in [1.807, 2.05) is 29.2 Å². The summed E-state index contributed by atoms with van der Waals surface area (Å²) in [6.07, 6.45) is 0. The van der Waals surface area contributed by atoms with E-state index in [2.05, 4.69) is 48.8 Å². The smallest absolute Gasteiger partial charge is 0.257 e. The molecular formula is C23H31N3O2. The maximum absolute atomic E-state index is 12.9. The van der Waals surface area contributed by atoms with Crippen molar-refractivity contribution < 1.29 is 9.53 Å². The molecule has 0 radical (unpaired) electrons. The molecule has 0 aromatic heterocycles. The van der Waals surface area contributed by atoms with Crippen LogP contribution in [0.25, 0.3) is 0 Å². The molecule has 0 unspecified atom stereocenters. The van der Waals surface area contributed by atoms with Gasteiger partial charge in [0.05, 0.1) is 12.7 Å². The van der Waals surface area contributed by atoms with Crippen LogP contribution < -0.4 is 14.5 Å². The van der Waals surface area contributed by atoms with Crippen LogP contribution in [0, 0.1) is 6.92 Å². The number of amides is 1. The van der Waals surface area contributed by atoms with Gasteiger partial charge in [-0.2, -0.15) is 0 Å². The summed E-state index contributed by atoms with van der Waals surface area (Å²) in [5.74, 6) is 0.684. The van der Waals surface area contributed by atoms with Crippen molar-refractivity contribution in [1.82, 2.24) is 4.90 Å². The molecule has 0 bridgehead atoms. The van der Waals surface area contributed by atoms with Crippen molar-refractivity contribution in [2.24, 2.45) is 0 Å². The Bertz CT molecular complexity index is 809. The molecule has 1 heterocycles. The number of hydrogen-bond acceptors (Lipinski definition) is 4. The maximum atomic E-state index is 12.9. The zero-order chi connectivity index (χ0) is 20.1. The third kappa shape index (κ3) is 4.08. The second-order valence-corrected chi connectivity index (χ2v) is 7.12. The zero-order valence-corrected chi connectivity index (χ0v) is 17.4. The van der Waals surface area contributed by atoms with Gasteiger partial charge in [0, 0.05) is 50.6 Å². The quantitative estimate of drug-likeness (QED) is 0.762. The predicted octanol–water partition coefficient (Wildman–Crippen LogP) is 3.81. The van der Waals surface area contributed by atoms with Gasteiger partial charge < -0.3 is 19.4 Å². The van der Waals surface area contributed by atoms with Crippen LogP contribution in [0.15, 0.2) is 42.5 Å². The second kappa shape index (κ2) is 9.00. The van der Waals surface area contributed by atoms with Gasteiger partial charge in [0.15, 0.2) is 0 Å². The van der Waals surface area contributed by atoms with E-state index < -0.39 is 0 Å². The van der Waals surface area contributed by atoms with Crippen LogP contribution in [0.3, 0.4) is 0 Å². The minimum absolute atomic E-state index is 0.0469. The lowest BCUT2D eigenvalue weighted by Gasteiger charge is -2.37. The molecule has 2 aromatic rings. The molecule has 1 aliphatic rings. The van der Waals surface area contributed by atoms with Crippen molar-refractivity contribution in [3.05, 3.63) is 53.6 Å². The lowest BCUT2D eigenvalue weighted by Crippen LogP contribution is -2.49. The molecule has 0 atom stereocenters. The van der Waals surface area contributed by atoms with Crippen molar-refractivity contribution in [3.8, 4) is 5.75 Å². The number of carbonyl (C=O) groups excluding carboxylic acids is 1. The zero-order valence-electron chi connectivity index (χ0n) is 17.4. The van der Waals surface area contributed by atoms with Crippen molar-refractivity contribution in [3.63, 3.8) is 0 Å². The van der Waals surface area contributed by atoms with Crippen LogP contribution in [-0.4, -0.2) is 57.2 Å². The highest BCUT2D eigenvalue weighted by Gasteiger charge is 2.25. The summed E-state index contributed by atoms with van der Waals surface area (Å²) in [6, 6.07) is 14.1. The molecule has 0 aliphatic carbocycles. The van der Waals surface area contributed by atoms with Gasteiger partial charge in [0.2, 0.25) is 0 Å². The van der Waals surface area contributed by atoms with Crippen molar-refractivity contribution in [2.75, 3.05) is 56.2 Å². The van der Waals surface area contributed by atoms with Crippen LogP contribution in [-0.2, 0) is 0 Å². The van der Waals surface area contributed by atoms with Gasteiger partial charge in [0.1, 0.15) is 5.75 Å². The van der Waals surface area contributed by atoms with Gasteiger partial charge in [-0.15, -0.1) is 0 Å². The third-order valence-corrected chi connectivity index (χ3v) is 5.55. The van der Waals surface area contributed by atoms with Crippen LogP contribution in [0.5, 0.6) is 5.75 Å². The Morgan fingerprint density at radius 1 is 1.04 bits per heavy atom. The van der Waals surface area contributed by atoms with E-state index in [9.17, 15) is 4.79 Å². The van der Waals surface area contributed by atoms with Gasteiger partial charge in [-0.1, -0.05) is 12.1 Å². The van der Waals surface area contributed by atoms with Crippen molar-refractivity contribution >= 4 is 17.3 Å². The van der Waals surface area contributed by atoms with Gasteiger partial charge >= 0.3 is 0 Å². The maximum Gasteiger partial charge on any atom is 0.257 e. The van der Waals surface area contributed by atoms with Crippen molar-refractivity contribution in [1.29, 1.82) is 0 Å². The molecule has 1 fully saturated rings. The molecule has 28 heavy (non-hydrogen) atoms. The number of hydrogen-bond donors (Lipinski definition) is 0. The Hall–Kier alpha value is -2.69. The normalized spacial score (nSPS) is 14.1. The molecule has 1 amide bonds. The number of aryl methyl sites for hydroxylation is 1. The lowest BCUT2D eigenvalue weighted by atomic mass is 10.1. The number of methoxy groups -OCH3 is 1. The van der Waals surface area contributed by atoms with E-state index in [4.69, 9.17) is 4.74 Å². The van der Waals surface area contributed by atoms with E-state index in [1.54, 1.807) is 7.11 Å². The second-order valence-electron chi connectivity index (χ2n) is 7.12. The third-order valence-electron chi connectivity index (χ3n) is 5.55. The Morgan fingerprint density at radius 2 is 1.71 bits per heavy atom. The Kier molecular flexibility index (Phi) is 6.45. The minimum Gasteiger partial charge on any atom is -0.496 e. The SMILES string of the molecule is CCN(CC)c1ccc(N2CCN(C(=O)c3ccccc3OC)CC2)c(C)c1. The molecule has 2 aromatic carbocycles. The number of piperazine rings is 1. The van der Waals surface area contributed by atoms with Gasteiger partial charge in [-0.3, -0.25) is 4.79 Å². The first-order chi connectivity index (χ1) is 13.6. The van der Waals surface area contributed by atoms with Gasteiger partial charge in [-0.25, -0.2) is 0 Å². The van der Waals surface area contributed by atoms with Crippen molar-refractivity contribution in [2.45, 2.75) is 20.8 Å². The summed E-state index contributed by atoms with van der Waals surface area (Å²) < 4.78 is 5.35. The average Bonchev–Trinajstić information content (AvgIpc) is 2.74. The molecule has 0 N–H and O–H groups in total. The summed E-state index contributed by atoms with van der Waals surface area (Å²) in [5.41, 5.74) is 4.46. The number of para-hydroxylation sites is 1. The first-order valence-corrected chi connectivity index (χ1v) is 10.1. The topological polar surface area (TPSA) is 36.0 Å². The monoisotopic (exact) mass is 381 g/mol. The Balaban J connectivity index is 1.68. The summed E-state index contributed by atoms with van der Waals surface area (Å²) in [7, 11) is 1.61. The largest absolute Gasteiger partial charge is 0.496 e. The molecule has 0 saturated carbocycles. The fourth-order valence-corrected chi connectivity index (χ4v) is 3.92. The molecule has 1 saturated heterocycles. The highest BCUT2D eigenvalue weighted by Crippen LogP contribution is 2.27. The summed E-state index contributed by atoms with van der Waals surface area (Å²) in [5, 5.41) is 0. The molecule has 5 heteroatoms. The fraction of sp³-hybridized carbons (Fsp3) is 0.435. The highest BCUT2D eigenvalue weighted by molar-refractivity contribution is 5.97. The van der Waals surface area contributed by atoms with Gasteiger partial charge in [-0.05, 0) is 56.7 Å². The molecule has 5 nitrogen and oxygen atoms in total. The molecular weight excluding hydrogens is 350 g/mol. The standard InChI is InChI=1S/C23H31N3O2/c1-5-24(6-2)19-11-12-21(18(3)17-19)25-13-15-26(16-14-25)23(27)20-9-7-8-10-22(20)28-4/h7-12,17H,5-6,13-16H2,1-4H3. The van der Waals surface area contributed by atoms with E-state index in [0.717, 1.165) is 26.2 Å². The molecule has 1 aliphatic heterocycles. The summed E-state index contributed by atoms with van der Waals surface area (Å²) in [4.78, 5) is 19.6. The minimum atomic E-state index is 0.0469. The molecule has 0 spiro atoms. The molecule has 3 rings (SSSR count). The van der Waals surface area contributed by atoms with Gasteiger partial charge in [0.25, 0.3) is 5.91 Å².